The van der Waals surface area contributed by atoms with E-state index >= 15 is 0 Å². The average molecular weight is 722 g/mol. The van der Waals surface area contributed by atoms with Gasteiger partial charge in [-0.05, 0) is 25.2 Å². The molecule has 48 heavy (non-hydrogen) atoms. The Bertz CT molecular complexity index is 1160. The number of nitrogens with one attached hydrogen (secondary N) is 5. The van der Waals surface area contributed by atoms with Crippen LogP contribution in [-0.2, 0) is 33.6 Å². The molecule has 0 saturated heterocycles. The van der Waals surface area contributed by atoms with E-state index in [9.17, 15) is 43.8 Å². The molecule has 20 heteroatoms. The molecule has 5 amide bonds. The van der Waals surface area contributed by atoms with E-state index in [1.54, 1.807) is 13.8 Å². The fourth-order valence-corrected chi connectivity index (χ4v) is 4.87. The molecule has 0 bridgehead atoms. The zero-order chi connectivity index (χ0) is 37.2. The Balaban J connectivity index is 5.66. The third kappa shape index (κ3) is 19.8. The van der Waals surface area contributed by atoms with Crippen LogP contribution in [0.2, 0.25) is 0 Å². The monoisotopic (exact) mass is 721 g/mol. The van der Waals surface area contributed by atoms with E-state index in [4.69, 9.17) is 17.2 Å². The predicted octanol–water partition coefficient (Wildman–Crippen LogP) is -2.51. The summed E-state index contributed by atoms with van der Waals surface area (Å²) in [5.41, 5.74) is 16.3. The number of aliphatic imine (C=N–C) groups is 1. The molecule has 0 fully saturated rings. The first-order valence-electron chi connectivity index (χ1n) is 15.1. The molecule has 0 spiro atoms. The van der Waals surface area contributed by atoms with Crippen LogP contribution in [0.1, 0.15) is 60.3 Å². The summed E-state index contributed by atoms with van der Waals surface area (Å²) in [6.45, 7) is 8.62. The Kier molecular flexibility index (Phi) is 20.2. The number of nitrogens with two attached hydrogens (primary N) is 3. The Hall–Kier alpha value is -3.78. The molecule has 0 rings (SSSR count). The number of hydrogen-bond acceptors (Lipinski definition) is 11. The molecule has 0 aliphatic carbocycles. The van der Waals surface area contributed by atoms with E-state index in [2.05, 4.69) is 44.2 Å². The van der Waals surface area contributed by atoms with Gasteiger partial charge in [-0.2, -0.15) is 24.4 Å². The Morgan fingerprint density at radius 2 is 1.40 bits per heavy atom. The minimum absolute atomic E-state index is 0.000293. The number of carboxylic acid groups (broad SMARTS) is 2. The SMILES string of the molecule is CC(C)C[C@H](NC(=O)[C@H](CC(=O)O)NC(=O)CNC(=O)[C@H](CCCN=C(N)N)NC(=O)[C@@H](N)CS)C(=O)N[C@@H](CSC(C)(C)C)C(=O)O. The summed E-state index contributed by atoms with van der Waals surface area (Å²) in [5, 5.41) is 30.9. The lowest BCUT2D eigenvalue weighted by molar-refractivity contribution is -0.143. The standard InChI is InChI=1S/C28H51N9O9S2/c1-14(2)9-17(24(43)37-19(26(45)46)13-48-28(3,4)5)36-25(44)18(10-21(39)40)34-20(38)11-33-23(42)16(7-6-8-32-27(30)31)35-22(41)15(29)12-47/h14-19,47H,6-13,29H2,1-5H3,(H,33,42)(H,34,38)(H,35,41)(H,36,44)(H,37,43)(H,39,40)(H,45,46)(H4,30,31,32)/t15-,16-,17-,18-,19-/m0/s1. The minimum atomic E-state index is -1.66. The van der Waals surface area contributed by atoms with E-state index < -0.39 is 84.6 Å². The van der Waals surface area contributed by atoms with Gasteiger partial charge >= 0.3 is 11.9 Å². The van der Waals surface area contributed by atoms with Crippen molar-refractivity contribution in [2.75, 3.05) is 24.6 Å². The fourth-order valence-electron chi connectivity index (χ4n) is 3.81. The summed E-state index contributed by atoms with van der Waals surface area (Å²) in [6, 6.07) is -6.34. The number of carbonyl (C=O) groups is 7. The van der Waals surface area contributed by atoms with Gasteiger partial charge in [0.2, 0.25) is 29.5 Å². The number of carboxylic acids is 2. The first-order valence-corrected chi connectivity index (χ1v) is 16.8. The second-order valence-electron chi connectivity index (χ2n) is 12.2. The molecule has 0 aromatic rings. The van der Waals surface area contributed by atoms with Crippen molar-refractivity contribution in [1.29, 1.82) is 0 Å². The van der Waals surface area contributed by atoms with Crippen LogP contribution in [0.5, 0.6) is 0 Å². The largest absolute Gasteiger partial charge is 0.481 e. The van der Waals surface area contributed by atoms with E-state index in [1.807, 2.05) is 20.8 Å². The molecular formula is C28H51N9O9S2. The maximum atomic E-state index is 13.2. The van der Waals surface area contributed by atoms with Gasteiger partial charge in [-0.15, -0.1) is 0 Å². The van der Waals surface area contributed by atoms with E-state index in [1.165, 1.54) is 11.8 Å². The molecule has 0 aliphatic heterocycles. The topological polar surface area (TPSA) is 311 Å². The van der Waals surface area contributed by atoms with Crippen LogP contribution in [-0.4, -0.2) is 117 Å². The Morgan fingerprint density at radius 3 is 1.90 bits per heavy atom. The average Bonchev–Trinajstić information content (AvgIpc) is 2.96. The molecule has 0 aromatic heterocycles. The van der Waals surface area contributed by atoms with Crippen molar-refractivity contribution in [2.24, 2.45) is 28.1 Å². The van der Waals surface area contributed by atoms with Gasteiger partial charge < -0.3 is 54.0 Å². The highest BCUT2D eigenvalue weighted by Crippen LogP contribution is 2.24. The number of hydrogen-bond donors (Lipinski definition) is 11. The van der Waals surface area contributed by atoms with Crippen molar-refractivity contribution in [1.82, 2.24) is 26.6 Å². The summed E-state index contributed by atoms with van der Waals surface area (Å²) in [5.74, 6) is -7.17. The van der Waals surface area contributed by atoms with Crippen LogP contribution in [0.3, 0.4) is 0 Å². The van der Waals surface area contributed by atoms with Gasteiger partial charge in [0.15, 0.2) is 5.96 Å². The minimum Gasteiger partial charge on any atom is -0.481 e. The number of carbonyl (C=O) groups excluding carboxylic acids is 5. The Morgan fingerprint density at radius 1 is 0.833 bits per heavy atom. The summed E-state index contributed by atoms with van der Waals surface area (Å²) in [6.07, 6.45) is -0.455. The quantitative estimate of drug-likeness (QED) is 0.0239. The normalized spacial score (nSPS) is 14.3. The van der Waals surface area contributed by atoms with Crippen LogP contribution in [0.4, 0.5) is 0 Å². The summed E-state index contributed by atoms with van der Waals surface area (Å²) < 4.78 is -0.283. The molecule has 18 nitrogen and oxygen atoms in total. The smallest absolute Gasteiger partial charge is 0.327 e. The van der Waals surface area contributed by atoms with Crippen LogP contribution in [0.15, 0.2) is 4.99 Å². The van der Waals surface area contributed by atoms with Crippen molar-refractivity contribution in [3.8, 4) is 0 Å². The first kappa shape index (κ1) is 44.2. The van der Waals surface area contributed by atoms with Crippen LogP contribution < -0.4 is 43.8 Å². The number of thioether (sulfide) groups is 1. The third-order valence-corrected chi connectivity index (χ3v) is 7.96. The molecular weight excluding hydrogens is 670 g/mol. The molecule has 13 N–H and O–H groups in total. The van der Waals surface area contributed by atoms with Crippen molar-refractivity contribution in [3.63, 3.8) is 0 Å². The molecule has 0 radical (unpaired) electrons. The summed E-state index contributed by atoms with van der Waals surface area (Å²) in [4.78, 5) is 91.3. The van der Waals surface area contributed by atoms with Crippen molar-refractivity contribution < 1.29 is 43.8 Å². The summed E-state index contributed by atoms with van der Waals surface area (Å²) >= 11 is 5.28. The van der Waals surface area contributed by atoms with Crippen LogP contribution in [0, 0.1) is 5.92 Å². The van der Waals surface area contributed by atoms with E-state index in [0.29, 0.717) is 0 Å². The maximum absolute atomic E-state index is 13.2. The lowest BCUT2D eigenvalue weighted by Gasteiger charge is -2.26. The molecule has 0 saturated carbocycles. The van der Waals surface area contributed by atoms with Gasteiger partial charge in [0.1, 0.15) is 24.2 Å². The molecule has 5 atom stereocenters. The number of guanidine groups is 1. The third-order valence-electron chi connectivity index (χ3n) is 6.20. The number of nitrogens with zero attached hydrogens (tertiary/aromatic N) is 1. The van der Waals surface area contributed by atoms with Crippen molar-refractivity contribution >= 4 is 71.8 Å². The molecule has 0 aromatic carbocycles. The lowest BCUT2D eigenvalue weighted by atomic mass is 10.0. The van der Waals surface area contributed by atoms with Crippen molar-refractivity contribution in [3.05, 3.63) is 0 Å². The second kappa shape index (κ2) is 22.0. The highest BCUT2D eigenvalue weighted by Gasteiger charge is 2.32. The first-order chi connectivity index (χ1) is 22.2. The van der Waals surface area contributed by atoms with Crippen LogP contribution in [0.25, 0.3) is 0 Å². The highest BCUT2D eigenvalue weighted by molar-refractivity contribution is 8.00. The number of aliphatic carboxylic acids is 2. The molecule has 0 unspecified atom stereocenters. The number of thiol groups is 1. The van der Waals surface area contributed by atoms with E-state index in [-0.39, 0.29) is 53.9 Å². The second-order valence-corrected chi connectivity index (χ2v) is 14.5. The molecule has 0 aliphatic rings. The summed E-state index contributed by atoms with van der Waals surface area (Å²) in [7, 11) is 0. The number of rotatable bonds is 22. The van der Waals surface area contributed by atoms with Crippen LogP contribution >= 0.6 is 24.4 Å². The van der Waals surface area contributed by atoms with Gasteiger partial charge in [0.05, 0.1) is 19.0 Å². The molecule has 274 valence electrons. The van der Waals surface area contributed by atoms with Gasteiger partial charge in [-0.1, -0.05) is 34.6 Å². The van der Waals surface area contributed by atoms with E-state index in [0.717, 1.165) is 0 Å². The highest BCUT2D eigenvalue weighted by atomic mass is 32.2. The fraction of sp³-hybridized carbons (Fsp3) is 0.714. The van der Waals surface area contributed by atoms with Gasteiger partial charge in [-0.25, -0.2) is 4.79 Å². The maximum Gasteiger partial charge on any atom is 0.327 e. The zero-order valence-electron chi connectivity index (χ0n) is 27.9. The Labute approximate surface area is 289 Å². The predicted molar refractivity (Wildman–Crippen MR) is 184 cm³/mol. The lowest BCUT2D eigenvalue weighted by Crippen LogP contribution is -2.57. The van der Waals surface area contributed by atoms with Crippen molar-refractivity contribution in [2.45, 2.75) is 95.3 Å². The van der Waals surface area contributed by atoms with Gasteiger partial charge in [0.25, 0.3) is 0 Å². The molecule has 0 heterocycles. The van der Waals surface area contributed by atoms with Gasteiger partial charge in [-0.3, -0.25) is 33.8 Å². The zero-order valence-corrected chi connectivity index (χ0v) is 29.6. The van der Waals surface area contributed by atoms with Gasteiger partial charge in [0, 0.05) is 22.8 Å². The number of amides is 5.